The number of nitrogens with zero attached hydrogens (tertiary/aromatic N) is 3. The van der Waals surface area contributed by atoms with Crippen LogP contribution in [-0.4, -0.2) is 56.4 Å². The summed E-state index contributed by atoms with van der Waals surface area (Å²) in [6, 6.07) is 9.56. The van der Waals surface area contributed by atoms with Crippen LogP contribution in [0.5, 0.6) is 5.75 Å². The molecule has 27 heavy (non-hydrogen) atoms. The minimum Gasteiger partial charge on any atom is -0.488 e. The van der Waals surface area contributed by atoms with E-state index in [1.807, 2.05) is 30.3 Å². The molecule has 0 spiro atoms. The van der Waals surface area contributed by atoms with Gasteiger partial charge in [0.15, 0.2) is 0 Å². The number of carbonyl (C=O) groups excluding carboxylic acids is 1. The first kappa shape index (κ1) is 17.5. The van der Waals surface area contributed by atoms with Crippen molar-refractivity contribution >= 4 is 16.8 Å². The molecule has 0 unspecified atom stereocenters. The third kappa shape index (κ3) is 4.09. The number of aryl methyl sites for hydroxylation is 1. The average Bonchev–Trinajstić information content (AvgIpc) is 3.21. The van der Waals surface area contributed by atoms with Crippen LogP contribution >= 0.6 is 0 Å². The van der Waals surface area contributed by atoms with Gasteiger partial charge in [0.05, 0.1) is 18.3 Å². The number of benzene rings is 1. The van der Waals surface area contributed by atoms with Crippen LogP contribution in [0, 0.1) is 0 Å². The molecule has 140 valence electrons. The summed E-state index contributed by atoms with van der Waals surface area (Å²) >= 11 is 0. The summed E-state index contributed by atoms with van der Waals surface area (Å²) in [6.07, 6.45) is 5.90. The predicted octanol–water partition coefficient (Wildman–Crippen LogP) is 1.93. The Labute approximate surface area is 157 Å². The summed E-state index contributed by atoms with van der Waals surface area (Å²) in [6.45, 7) is 0.880. The minimum atomic E-state index is -0.707. The zero-order chi connectivity index (χ0) is 18.6. The fourth-order valence-corrected chi connectivity index (χ4v) is 3.40. The summed E-state index contributed by atoms with van der Waals surface area (Å²) in [7, 11) is 0. The zero-order valence-electron chi connectivity index (χ0n) is 14.9. The fourth-order valence-electron chi connectivity index (χ4n) is 3.40. The van der Waals surface area contributed by atoms with Gasteiger partial charge in [-0.1, -0.05) is 6.07 Å². The molecule has 1 amide bonds. The number of nitrogens with one attached hydrogen (secondary N) is 1. The van der Waals surface area contributed by atoms with Crippen molar-refractivity contribution < 1.29 is 14.6 Å². The monoisotopic (exact) mass is 366 g/mol. The quantitative estimate of drug-likeness (QED) is 0.720. The molecule has 1 saturated heterocycles. The molecule has 7 nitrogen and oxygen atoms in total. The molecule has 4 rings (SSSR count). The smallest absolute Gasteiger partial charge is 0.222 e. The largest absolute Gasteiger partial charge is 0.488 e. The van der Waals surface area contributed by atoms with Crippen LogP contribution in [0.15, 0.2) is 48.9 Å². The molecule has 0 radical (unpaired) electrons. The van der Waals surface area contributed by atoms with Gasteiger partial charge < -0.3 is 14.7 Å². The van der Waals surface area contributed by atoms with E-state index in [2.05, 4.69) is 15.2 Å². The highest BCUT2D eigenvalue weighted by Gasteiger charge is 2.31. The van der Waals surface area contributed by atoms with Crippen LogP contribution in [0.25, 0.3) is 10.9 Å². The van der Waals surface area contributed by atoms with E-state index in [-0.39, 0.29) is 12.0 Å². The summed E-state index contributed by atoms with van der Waals surface area (Å²) in [5.41, 5.74) is 1.91. The highest BCUT2D eigenvalue weighted by Crippen LogP contribution is 2.23. The predicted molar refractivity (Wildman–Crippen MR) is 100 cm³/mol. The number of aromatic amines is 1. The molecule has 0 saturated carbocycles. The molecule has 2 atom stereocenters. The highest BCUT2D eigenvalue weighted by atomic mass is 16.5. The first-order chi connectivity index (χ1) is 13.2. The standard InChI is InChI=1S/C20H22N4O3/c25-18-13-24(20(26)6-3-14-11-22-23-12-14)9-7-19(18)27-16-4-5-17-15(10-16)2-1-8-21-17/h1-2,4-5,8,10-12,18-19,25H,3,6-7,9,13H2,(H,22,23)/t18-,19-/m1/s1. The van der Waals surface area contributed by atoms with E-state index in [0.29, 0.717) is 38.1 Å². The van der Waals surface area contributed by atoms with Gasteiger partial charge in [-0.25, -0.2) is 0 Å². The molecule has 3 aromatic rings. The fraction of sp³-hybridized carbons (Fsp3) is 0.350. The number of fused-ring (bicyclic) bond motifs is 1. The van der Waals surface area contributed by atoms with E-state index < -0.39 is 6.10 Å². The number of amides is 1. The zero-order valence-corrected chi connectivity index (χ0v) is 14.9. The van der Waals surface area contributed by atoms with Gasteiger partial charge in [-0.2, -0.15) is 5.10 Å². The highest BCUT2D eigenvalue weighted by molar-refractivity contribution is 5.79. The Hall–Kier alpha value is -2.93. The summed E-state index contributed by atoms with van der Waals surface area (Å²) in [5, 5.41) is 18.1. The van der Waals surface area contributed by atoms with E-state index >= 15 is 0 Å². The van der Waals surface area contributed by atoms with Crippen molar-refractivity contribution in [3.63, 3.8) is 0 Å². The van der Waals surface area contributed by atoms with Crippen LogP contribution < -0.4 is 4.74 Å². The number of ether oxygens (including phenoxy) is 1. The Morgan fingerprint density at radius 3 is 3.11 bits per heavy atom. The van der Waals surface area contributed by atoms with Gasteiger partial charge in [-0.15, -0.1) is 0 Å². The van der Waals surface area contributed by atoms with Gasteiger partial charge in [0, 0.05) is 37.2 Å². The van der Waals surface area contributed by atoms with E-state index in [1.54, 1.807) is 23.5 Å². The normalized spacial score (nSPS) is 20.0. The SMILES string of the molecule is O=C(CCc1cn[nH]c1)N1CC[C@@H](Oc2ccc3ncccc3c2)[C@H](O)C1. The molecule has 1 aliphatic heterocycles. The summed E-state index contributed by atoms with van der Waals surface area (Å²) in [4.78, 5) is 18.4. The number of hydrogen-bond acceptors (Lipinski definition) is 5. The van der Waals surface area contributed by atoms with Gasteiger partial charge in [-0.05, 0) is 36.2 Å². The molecule has 1 aliphatic rings. The van der Waals surface area contributed by atoms with E-state index in [9.17, 15) is 9.90 Å². The van der Waals surface area contributed by atoms with Gasteiger partial charge in [0.1, 0.15) is 18.0 Å². The van der Waals surface area contributed by atoms with E-state index in [1.165, 1.54) is 0 Å². The maximum absolute atomic E-state index is 12.4. The van der Waals surface area contributed by atoms with Gasteiger partial charge in [0.2, 0.25) is 5.91 Å². The van der Waals surface area contributed by atoms with Crippen LogP contribution in [0.3, 0.4) is 0 Å². The molecule has 0 aliphatic carbocycles. The van der Waals surface area contributed by atoms with Crippen molar-refractivity contribution in [1.29, 1.82) is 0 Å². The number of rotatable bonds is 5. The number of aromatic nitrogens is 3. The maximum atomic E-state index is 12.4. The molecule has 7 heteroatoms. The number of pyridine rings is 1. The lowest BCUT2D eigenvalue weighted by molar-refractivity contribution is -0.137. The molecular formula is C20H22N4O3. The van der Waals surface area contributed by atoms with Gasteiger partial charge in [0.25, 0.3) is 0 Å². The topological polar surface area (TPSA) is 91.3 Å². The van der Waals surface area contributed by atoms with Crippen molar-refractivity contribution in [3.8, 4) is 5.75 Å². The second-order valence-electron chi connectivity index (χ2n) is 6.82. The Morgan fingerprint density at radius 2 is 2.30 bits per heavy atom. The number of β-amino-alcohol motifs (C(OH)–C–C–N with tert-alkyl or cyclic N) is 1. The molecule has 1 fully saturated rings. The van der Waals surface area contributed by atoms with Crippen LogP contribution in [-0.2, 0) is 11.2 Å². The maximum Gasteiger partial charge on any atom is 0.222 e. The lowest BCUT2D eigenvalue weighted by Gasteiger charge is -2.36. The number of aliphatic hydroxyl groups excluding tert-OH is 1. The number of likely N-dealkylation sites (tertiary alicyclic amines) is 1. The van der Waals surface area contributed by atoms with E-state index in [4.69, 9.17) is 4.74 Å². The van der Waals surface area contributed by atoms with Crippen molar-refractivity contribution in [2.45, 2.75) is 31.5 Å². The second-order valence-corrected chi connectivity index (χ2v) is 6.82. The number of carbonyl (C=O) groups is 1. The lowest BCUT2D eigenvalue weighted by atomic mass is 10.0. The third-order valence-electron chi connectivity index (χ3n) is 4.92. The summed E-state index contributed by atoms with van der Waals surface area (Å²) in [5.74, 6) is 0.754. The average molecular weight is 366 g/mol. The molecule has 3 heterocycles. The van der Waals surface area contributed by atoms with Crippen LogP contribution in [0.4, 0.5) is 0 Å². The number of aliphatic hydroxyl groups is 1. The minimum absolute atomic E-state index is 0.0467. The lowest BCUT2D eigenvalue weighted by Crippen LogP contribution is -2.51. The molecule has 1 aromatic carbocycles. The van der Waals surface area contributed by atoms with Gasteiger partial charge in [-0.3, -0.25) is 14.9 Å². The Morgan fingerprint density at radius 1 is 1.37 bits per heavy atom. The van der Waals surface area contributed by atoms with Crippen LogP contribution in [0.1, 0.15) is 18.4 Å². The molecular weight excluding hydrogens is 344 g/mol. The first-order valence-electron chi connectivity index (χ1n) is 9.14. The number of hydrogen-bond donors (Lipinski definition) is 2. The molecule has 0 bridgehead atoms. The summed E-state index contributed by atoms with van der Waals surface area (Å²) < 4.78 is 5.99. The molecule has 2 aromatic heterocycles. The first-order valence-corrected chi connectivity index (χ1v) is 9.14. The van der Waals surface area contributed by atoms with Crippen molar-refractivity contribution in [2.24, 2.45) is 0 Å². The Bertz CT molecular complexity index is 912. The van der Waals surface area contributed by atoms with Crippen molar-refractivity contribution in [2.75, 3.05) is 13.1 Å². The van der Waals surface area contributed by atoms with E-state index in [0.717, 1.165) is 16.5 Å². The van der Waals surface area contributed by atoms with Crippen LogP contribution in [0.2, 0.25) is 0 Å². The van der Waals surface area contributed by atoms with Crippen molar-refractivity contribution in [1.82, 2.24) is 20.1 Å². The second kappa shape index (κ2) is 7.75. The van der Waals surface area contributed by atoms with Gasteiger partial charge >= 0.3 is 0 Å². The number of H-pyrrole nitrogens is 1. The Kier molecular flexibility index (Phi) is 5.02. The number of piperidine rings is 1. The third-order valence-corrected chi connectivity index (χ3v) is 4.92. The molecule has 2 N–H and O–H groups in total. The Balaban J connectivity index is 1.33. The van der Waals surface area contributed by atoms with Crippen molar-refractivity contribution in [3.05, 3.63) is 54.5 Å².